The van der Waals surface area contributed by atoms with Gasteiger partial charge < -0.3 is 10.8 Å². The van der Waals surface area contributed by atoms with Crippen molar-refractivity contribution in [3.63, 3.8) is 0 Å². The highest BCUT2D eigenvalue weighted by Crippen LogP contribution is 2.45. The van der Waals surface area contributed by atoms with Crippen LogP contribution < -0.4 is 11.2 Å². The molecular formula is C23H19BrN4O3. The molecule has 2 aromatic rings. The van der Waals surface area contributed by atoms with Gasteiger partial charge in [-0.05, 0) is 48.7 Å². The van der Waals surface area contributed by atoms with Crippen LogP contribution >= 0.6 is 15.9 Å². The number of allylic oxidation sites excluding steroid dienone is 3. The van der Waals surface area contributed by atoms with Crippen molar-refractivity contribution in [1.82, 2.24) is 10.4 Å². The Hall–Kier alpha value is -3.57. The van der Waals surface area contributed by atoms with Crippen molar-refractivity contribution in [1.29, 1.82) is 5.26 Å². The van der Waals surface area contributed by atoms with Crippen LogP contribution in [0.3, 0.4) is 0 Å². The molecular weight excluding hydrogens is 460 g/mol. The van der Waals surface area contributed by atoms with Crippen molar-refractivity contribution in [3.8, 4) is 11.8 Å². The fourth-order valence-corrected chi connectivity index (χ4v) is 4.53. The zero-order valence-electron chi connectivity index (χ0n) is 16.4. The van der Waals surface area contributed by atoms with Gasteiger partial charge in [-0.15, -0.1) is 0 Å². The van der Waals surface area contributed by atoms with Gasteiger partial charge in [-0.1, -0.05) is 34.1 Å². The van der Waals surface area contributed by atoms with Gasteiger partial charge in [0.2, 0.25) is 0 Å². The van der Waals surface area contributed by atoms with Crippen molar-refractivity contribution in [2.45, 2.75) is 25.2 Å². The lowest BCUT2D eigenvalue weighted by atomic mass is 9.76. The molecule has 2 aliphatic rings. The number of amides is 1. The van der Waals surface area contributed by atoms with Crippen LogP contribution in [0.5, 0.6) is 5.75 Å². The number of carbonyl (C=O) groups is 2. The van der Waals surface area contributed by atoms with Crippen LogP contribution in [0.15, 0.2) is 75.7 Å². The van der Waals surface area contributed by atoms with E-state index in [9.17, 15) is 20.0 Å². The maximum atomic E-state index is 13.0. The van der Waals surface area contributed by atoms with Gasteiger partial charge in [0, 0.05) is 27.7 Å². The number of nitriles is 1. The number of hydrogen-bond acceptors (Lipinski definition) is 6. The minimum absolute atomic E-state index is 0.0415. The number of halogens is 1. The minimum Gasteiger partial charge on any atom is -0.508 e. The fraction of sp³-hybridized carbons (Fsp3) is 0.174. The van der Waals surface area contributed by atoms with Crippen LogP contribution in [0, 0.1) is 11.3 Å². The molecule has 1 aliphatic carbocycles. The van der Waals surface area contributed by atoms with Crippen LogP contribution in [0.25, 0.3) is 0 Å². The highest BCUT2D eigenvalue weighted by Gasteiger charge is 2.41. The van der Waals surface area contributed by atoms with E-state index in [1.807, 2.05) is 24.3 Å². The van der Waals surface area contributed by atoms with E-state index in [2.05, 4.69) is 27.4 Å². The standard InChI is InChI=1S/C23H19BrN4O3/c24-17-5-2-1-4-15(17)20-16(12-25)22(26)28(18-6-3-7-19(30)21(18)20)27-23(31)13-8-10-14(29)11-9-13/h1-2,4-5,8-11,20,29H,3,6-7,26H2,(H,27,31). The molecule has 0 saturated carbocycles. The van der Waals surface area contributed by atoms with E-state index in [1.54, 1.807) is 0 Å². The predicted octanol–water partition coefficient (Wildman–Crippen LogP) is 3.60. The number of ketones is 1. The predicted molar refractivity (Wildman–Crippen MR) is 117 cm³/mol. The molecule has 156 valence electrons. The number of nitrogens with two attached hydrogens (primary N) is 1. The molecule has 0 spiro atoms. The number of Topliss-reactive ketones (excluding diaryl/α,β-unsaturated/α-hetero) is 1. The summed E-state index contributed by atoms with van der Waals surface area (Å²) in [5, 5.41) is 20.8. The smallest absolute Gasteiger partial charge is 0.270 e. The van der Waals surface area contributed by atoms with Crippen LogP contribution in [-0.2, 0) is 4.79 Å². The number of hydrazine groups is 1. The highest BCUT2D eigenvalue weighted by atomic mass is 79.9. The third kappa shape index (κ3) is 3.68. The maximum Gasteiger partial charge on any atom is 0.270 e. The molecule has 1 aliphatic heterocycles. The summed E-state index contributed by atoms with van der Waals surface area (Å²) in [4.78, 5) is 25.8. The molecule has 1 amide bonds. The summed E-state index contributed by atoms with van der Waals surface area (Å²) in [5.41, 5.74) is 11.5. The zero-order valence-corrected chi connectivity index (χ0v) is 18.0. The van der Waals surface area contributed by atoms with E-state index >= 15 is 0 Å². The molecule has 0 fully saturated rings. The molecule has 4 N–H and O–H groups in total. The number of phenols is 1. The van der Waals surface area contributed by atoms with Gasteiger partial charge in [-0.3, -0.25) is 15.0 Å². The van der Waals surface area contributed by atoms with Gasteiger partial charge >= 0.3 is 0 Å². The molecule has 2 aromatic carbocycles. The van der Waals surface area contributed by atoms with Gasteiger partial charge in [-0.2, -0.15) is 5.26 Å². The van der Waals surface area contributed by atoms with Gasteiger partial charge in [0.05, 0.1) is 17.6 Å². The topological polar surface area (TPSA) is 119 Å². The van der Waals surface area contributed by atoms with Crippen molar-refractivity contribution < 1.29 is 14.7 Å². The first kappa shape index (κ1) is 20.7. The second kappa shape index (κ2) is 8.28. The van der Waals surface area contributed by atoms with Crippen LogP contribution in [0.1, 0.15) is 41.1 Å². The first-order valence-corrected chi connectivity index (χ1v) is 10.5. The number of benzene rings is 2. The minimum atomic E-state index is -0.606. The van der Waals surface area contributed by atoms with Gasteiger partial charge in [0.1, 0.15) is 11.6 Å². The zero-order chi connectivity index (χ0) is 22.1. The van der Waals surface area contributed by atoms with E-state index in [1.165, 1.54) is 29.3 Å². The molecule has 7 nitrogen and oxygen atoms in total. The Kier molecular flexibility index (Phi) is 5.53. The summed E-state index contributed by atoms with van der Waals surface area (Å²) in [7, 11) is 0. The average molecular weight is 479 g/mol. The van der Waals surface area contributed by atoms with Crippen LogP contribution in [0.4, 0.5) is 0 Å². The lowest BCUT2D eigenvalue weighted by molar-refractivity contribution is -0.116. The van der Waals surface area contributed by atoms with E-state index in [0.717, 1.165) is 10.0 Å². The molecule has 1 heterocycles. The Bertz CT molecular complexity index is 1180. The lowest BCUT2D eigenvalue weighted by Crippen LogP contribution is -2.48. The maximum absolute atomic E-state index is 13.0. The van der Waals surface area contributed by atoms with Gasteiger partial charge in [0.15, 0.2) is 5.78 Å². The fourth-order valence-electron chi connectivity index (χ4n) is 4.01. The average Bonchev–Trinajstić information content (AvgIpc) is 2.76. The first-order valence-electron chi connectivity index (χ1n) is 9.73. The number of nitrogens with zero attached hydrogens (tertiary/aromatic N) is 2. The normalized spacial score (nSPS) is 18.5. The largest absolute Gasteiger partial charge is 0.508 e. The van der Waals surface area contributed by atoms with Crippen LogP contribution in [0.2, 0.25) is 0 Å². The summed E-state index contributed by atoms with van der Waals surface area (Å²) < 4.78 is 0.771. The number of nitrogens with one attached hydrogen (secondary N) is 1. The third-order valence-corrected chi connectivity index (χ3v) is 6.19. The summed E-state index contributed by atoms with van der Waals surface area (Å²) in [6.45, 7) is 0. The monoisotopic (exact) mass is 478 g/mol. The van der Waals surface area contributed by atoms with E-state index in [-0.39, 0.29) is 22.9 Å². The number of rotatable bonds is 3. The summed E-state index contributed by atoms with van der Waals surface area (Å²) in [5.74, 6) is -1.01. The molecule has 1 atom stereocenters. The first-order chi connectivity index (χ1) is 14.9. The summed E-state index contributed by atoms with van der Waals surface area (Å²) in [6, 6.07) is 15.3. The van der Waals surface area contributed by atoms with Crippen molar-refractivity contribution in [2.75, 3.05) is 0 Å². The Balaban J connectivity index is 1.82. The number of hydrogen-bond donors (Lipinski definition) is 3. The highest BCUT2D eigenvalue weighted by molar-refractivity contribution is 9.10. The molecule has 0 bridgehead atoms. The van der Waals surface area contributed by atoms with E-state index in [4.69, 9.17) is 5.73 Å². The SMILES string of the molecule is N#CC1=C(N)N(NC(=O)c2ccc(O)cc2)C2=C(C(=O)CCC2)C1c1ccccc1Br. The van der Waals surface area contributed by atoms with Crippen molar-refractivity contribution in [2.24, 2.45) is 5.73 Å². The number of aromatic hydroxyl groups is 1. The van der Waals surface area contributed by atoms with Crippen molar-refractivity contribution in [3.05, 3.63) is 86.8 Å². The molecule has 1 unspecified atom stereocenters. The Morgan fingerprint density at radius 1 is 1.19 bits per heavy atom. The Morgan fingerprint density at radius 2 is 1.90 bits per heavy atom. The second-order valence-corrected chi connectivity index (χ2v) is 8.18. The Labute approximate surface area is 187 Å². The second-order valence-electron chi connectivity index (χ2n) is 7.33. The quantitative estimate of drug-likeness (QED) is 0.619. The Morgan fingerprint density at radius 3 is 2.58 bits per heavy atom. The molecule has 8 heteroatoms. The summed E-state index contributed by atoms with van der Waals surface area (Å²) >= 11 is 3.53. The number of phenolic OH excluding ortho intramolecular Hbond substituents is 1. The van der Waals surface area contributed by atoms with Crippen LogP contribution in [-0.4, -0.2) is 21.8 Å². The number of carbonyl (C=O) groups excluding carboxylic acids is 2. The summed E-state index contributed by atoms with van der Waals surface area (Å²) in [6.07, 6.45) is 1.54. The molecule has 31 heavy (non-hydrogen) atoms. The molecule has 0 aromatic heterocycles. The molecule has 0 radical (unpaired) electrons. The lowest BCUT2D eigenvalue weighted by Gasteiger charge is -2.39. The van der Waals surface area contributed by atoms with Gasteiger partial charge in [0.25, 0.3) is 5.91 Å². The van der Waals surface area contributed by atoms with Crippen molar-refractivity contribution >= 4 is 27.6 Å². The van der Waals surface area contributed by atoms with E-state index in [0.29, 0.717) is 36.1 Å². The van der Waals surface area contributed by atoms with Gasteiger partial charge in [-0.25, -0.2) is 5.01 Å². The molecule has 4 rings (SSSR count). The third-order valence-electron chi connectivity index (χ3n) is 5.47. The van der Waals surface area contributed by atoms with E-state index < -0.39 is 11.8 Å². The molecule has 0 saturated heterocycles.